The number of benzene rings is 1. The van der Waals surface area contributed by atoms with E-state index in [-0.39, 0.29) is 6.61 Å². The van der Waals surface area contributed by atoms with Crippen molar-refractivity contribution in [3.05, 3.63) is 29.8 Å². The Morgan fingerprint density at radius 3 is 2.07 bits per heavy atom. The van der Waals surface area contributed by atoms with Crippen LogP contribution in [-0.4, -0.2) is 24.7 Å². The summed E-state index contributed by atoms with van der Waals surface area (Å²) in [6.07, 6.45) is 0. The van der Waals surface area contributed by atoms with Gasteiger partial charge in [-0.2, -0.15) is 8.42 Å². The van der Waals surface area contributed by atoms with Crippen molar-refractivity contribution in [1.82, 2.24) is 0 Å². The molecule has 0 spiro atoms. The van der Waals surface area contributed by atoms with Gasteiger partial charge in [0.15, 0.2) is 0 Å². The fourth-order valence-corrected chi connectivity index (χ4v) is 1.01. The number of phenols is 1. The van der Waals surface area contributed by atoms with Gasteiger partial charge in [0.1, 0.15) is 5.75 Å². The van der Waals surface area contributed by atoms with Crippen LogP contribution in [0.2, 0.25) is 0 Å². The molecule has 0 saturated heterocycles. The first-order valence-corrected chi connectivity index (χ1v) is 5.59. The largest absolute Gasteiger partial charge is 0.508 e. The molecule has 0 aliphatic rings. The Hall–Kier alpha value is -1.11. The van der Waals surface area contributed by atoms with Crippen LogP contribution in [0.3, 0.4) is 0 Å². The number of para-hydroxylation sites is 1. The summed E-state index contributed by atoms with van der Waals surface area (Å²) in [5, 5.41) is 8.92. The van der Waals surface area contributed by atoms with Gasteiger partial charge in [-0.05, 0) is 25.5 Å². The number of hydrogen-bond donors (Lipinski definition) is 2. The lowest BCUT2D eigenvalue weighted by Crippen LogP contribution is -2.01. The van der Waals surface area contributed by atoms with Gasteiger partial charge in [-0.15, -0.1) is 0 Å². The van der Waals surface area contributed by atoms with E-state index in [1.54, 1.807) is 6.07 Å². The molecular weight excluding hydrogens is 220 g/mol. The second kappa shape index (κ2) is 6.39. The van der Waals surface area contributed by atoms with Crippen molar-refractivity contribution in [3.63, 3.8) is 0 Å². The molecule has 0 unspecified atom stereocenters. The van der Waals surface area contributed by atoms with Gasteiger partial charge in [-0.25, -0.2) is 4.18 Å². The molecule has 5 nitrogen and oxygen atoms in total. The standard InChI is InChI=1S/C7H8O.C2H6O4S/c1-6-4-2-3-5-7(6)8;1-2-6-7(3,4)5/h2-5,8H,1H3;2H2,1H3,(H,3,4,5). The van der Waals surface area contributed by atoms with Crippen molar-refractivity contribution in [1.29, 1.82) is 0 Å². The van der Waals surface area contributed by atoms with Gasteiger partial charge in [0.2, 0.25) is 0 Å². The van der Waals surface area contributed by atoms with E-state index in [4.69, 9.17) is 9.66 Å². The minimum atomic E-state index is -4.17. The van der Waals surface area contributed by atoms with E-state index in [9.17, 15) is 8.42 Å². The highest BCUT2D eigenvalue weighted by atomic mass is 32.3. The quantitative estimate of drug-likeness (QED) is 0.758. The van der Waals surface area contributed by atoms with Crippen molar-refractivity contribution in [2.24, 2.45) is 0 Å². The predicted molar refractivity (Wildman–Crippen MR) is 56.0 cm³/mol. The molecule has 0 atom stereocenters. The van der Waals surface area contributed by atoms with Crippen LogP contribution in [-0.2, 0) is 14.6 Å². The van der Waals surface area contributed by atoms with Crippen LogP contribution >= 0.6 is 0 Å². The molecule has 86 valence electrons. The lowest BCUT2D eigenvalue weighted by molar-refractivity contribution is 0.283. The third-order valence-electron chi connectivity index (χ3n) is 1.38. The summed E-state index contributed by atoms with van der Waals surface area (Å²) >= 11 is 0. The minimum absolute atomic E-state index is 0.0289. The Morgan fingerprint density at radius 1 is 1.33 bits per heavy atom. The zero-order valence-corrected chi connectivity index (χ0v) is 9.36. The average Bonchev–Trinajstić information content (AvgIpc) is 2.09. The third-order valence-corrected chi connectivity index (χ3v) is 1.92. The Labute approximate surface area is 89.3 Å². The highest BCUT2D eigenvalue weighted by molar-refractivity contribution is 7.80. The molecule has 1 aromatic rings. The van der Waals surface area contributed by atoms with E-state index < -0.39 is 10.4 Å². The zero-order chi connectivity index (χ0) is 11.9. The van der Waals surface area contributed by atoms with Crippen LogP contribution in [0.15, 0.2) is 24.3 Å². The zero-order valence-electron chi connectivity index (χ0n) is 8.54. The fourth-order valence-electron chi connectivity index (χ4n) is 0.712. The molecule has 0 aliphatic carbocycles. The summed E-state index contributed by atoms with van der Waals surface area (Å²) in [4.78, 5) is 0. The molecule has 0 bridgehead atoms. The van der Waals surface area contributed by atoms with Crippen LogP contribution < -0.4 is 0 Å². The molecule has 0 radical (unpaired) electrons. The summed E-state index contributed by atoms with van der Waals surface area (Å²) in [6.45, 7) is 3.31. The topological polar surface area (TPSA) is 83.8 Å². The van der Waals surface area contributed by atoms with E-state index in [1.807, 2.05) is 25.1 Å². The van der Waals surface area contributed by atoms with E-state index in [1.165, 1.54) is 6.92 Å². The number of hydrogen-bond acceptors (Lipinski definition) is 4. The van der Waals surface area contributed by atoms with Crippen molar-refractivity contribution in [2.45, 2.75) is 13.8 Å². The van der Waals surface area contributed by atoms with Crippen molar-refractivity contribution in [3.8, 4) is 5.75 Å². The maximum Gasteiger partial charge on any atom is 0.397 e. The second-order valence-corrected chi connectivity index (χ2v) is 3.71. The molecule has 0 amide bonds. The van der Waals surface area contributed by atoms with Crippen molar-refractivity contribution in [2.75, 3.05) is 6.61 Å². The summed E-state index contributed by atoms with van der Waals surface area (Å²) in [5.74, 6) is 0.368. The molecule has 15 heavy (non-hydrogen) atoms. The summed E-state index contributed by atoms with van der Waals surface area (Å²) in [7, 11) is -4.17. The Kier molecular flexibility index (Phi) is 5.92. The summed E-state index contributed by atoms with van der Waals surface area (Å²) in [5.41, 5.74) is 0.924. The Bertz CT molecular complexity index is 364. The van der Waals surface area contributed by atoms with Crippen LogP contribution in [0.25, 0.3) is 0 Å². The normalized spacial score (nSPS) is 10.3. The molecule has 1 aromatic carbocycles. The first kappa shape index (κ1) is 13.9. The van der Waals surface area contributed by atoms with E-state index in [0.29, 0.717) is 5.75 Å². The molecule has 0 saturated carbocycles. The molecule has 0 aliphatic heterocycles. The number of rotatable bonds is 2. The smallest absolute Gasteiger partial charge is 0.397 e. The van der Waals surface area contributed by atoms with Crippen LogP contribution in [0.5, 0.6) is 5.75 Å². The van der Waals surface area contributed by atoms with Gasteiger partial charge in [0.25, 0.3) is 0 Å². The SMILES string of the molecule is CCOS(=O)(=O)O.Cc1ccccc1O. The third kappa shape index (κ3) is 7.92. The Balaban J connectivity index is 0.000000265. The van der Waals surface area contributed by atoms with Crippen LogP contribution in [0.4, 0.5) is 0 Å². The highest BCUT2D eigenvalue weighted by Gasteiger charge is 1.98. The van der Waals surface area contributed by atoms with E-state index in [2.05, 4.69) is 4.18 Å². The van der Waals surface area contributed by atoms with Gasteiger partial charge in [-0.3, -0.25) is 4.55 Å². The van der Waals surface area contributed by atoms with E-state index >= 15 is 0 Å². The lowest BCUT2D eigenvalue weighted by atomic mass is 10.2. The fraction of sp³-hybridized carbons (Fsp3) is 0.333. The van der Waals surface area contributed by atoms with Gasteiger partial charge in [0, 0.05) is 0 Å². The summed E-state index contributed by atoms with van der Waals surface area (Å²) < 4.78 is 30.7. The predicted octanol–water partition coefficient (Wildman–Crippen LogP) is 1.53. The number of aromatic hydroxyl groups is 1. The first-order valence-electron chi connectivity index (χ1n) is 4.23. The van der Waals surface area contributed by atoms with Crippen molar-refractivity contribution >= 4 is 10.4 Å². The maximum atomic E-state index is 9.56. The van der Waals surface area contributed by atoms with Crippen LogP contribution in [0.1, 0.15) is 12.5 Å². The monoisotopic (exact) mass is 234 g/mol. The molecule has 0 heterocycles. The first-order chi connectivity index (χ1) is 6.87. The molecule has 2 N–H and O–H groups in total. The van der Waals surface area contributed by atoms with Crippen molar-refractivity contribution < 1.29 is 22.3 Å². The van der Waals surface area contributed by atoms with Gasteiger partial charge in [-0.1, -0.05) is 18.2 Å². The maximum absolute atomic E-state index is 9.56. The number of aryl methyl sites for hydroxylation is 1. The highest BCUT2D eigenvalue weighted by Crippen LogP contribution is 2.12. The second-order valence-electron chi connectivity index (χ2n) is 2.62. The minimum Gasteiger partial charge on any atom is -0.508 e. The lowest BCUT2D eigenvalue weighted by Gasteiger charge is -1.92. The molecule has 0 fully saturated rings. The Morgan fingerprint density at radius 2 is 1.87 bits per heavy atom. The van der Waals surface area contributed by atoms with Gasteiger partial charge >= 0.3 is 10.4 Å². The molecule has 0 aromatic heterocycles. The average molecular weight is 234 g/mol. The molecule has 6 heteroatoms. The molecular formula is C9H14O5S. The van der Waals surface area contributed by atoms with Crippen LogP contribution in [0, 0.1) is 6.92 Å². The van der Waals surface area contributed by atoms with Gasteiger partial charge in [0.05, 0.1) is 6.61 Å². The summed E-state index contributed by atoms with van der Waals surface area (Å²) in [6, 6.07) is 7.25. The number of phenolic OH excluding ortho intramolecular Hbond substituents is 1. The molecule has 1 rings (SSSR count). The van der Waals surface area contributed by atoms with E-state index in [0.717, 1.165) is 5.56 Å². The van der Waals surface area contributed by atoms with Gasteiger partial charge < -0.3 is 5.11 Å².